The summed E-state index contributed by atoms with van der Waals surface area (Å²) in [7, 11) is 2.21. The molecule has 1 aromatic rings. The molecule has 0 aromatic heterocycles. The fourth-order valence-electron chi connectivity index (χ4n) is 2.16. The fourth-order valence-corrected chi connectivity index (χ4v) is 2.16. The molecule has 19 heavy (non-hydrogen) atoms. The molecule has 0 aliphatic heterocycles. The van der Waals surface area contributed by atoms with E-state index in [4.69, 9.17) is 0 Å². The molecule has 1 aromatic carbocycles. The zero-order chi connectivity index (χ0) is 14.3. The van der Waals surface area contributed by atoms with E-state index in [1.807, 2.05) is 0 Å². The lowest BCUT2D eigenvalue weighted by Crippen LogP contribution is -2.40. The molecule has 0 radical (unpaired) electrons. The molecule has 0 aliphatic rings. The van der Waals surface area contributed by atoms with Crippen LogP contribution in [0.2, 0.25) is 0 Å². The SMILES string of the molecule is Cc1ccccc1CCCN(C)CCNC(C)(C)C. The van der Waals surface area contributed by atoms with E-state index < -0.39 is 0 Å². The maximum absolute atomic E-state index is 3.53. The summed E-state index contributed by atoms with van der Waals surface area (Å²) in [6.45, 7) is 12.2. The van der Waals surface area contributed by atoms with Gasteiger partial charge in [0.15, 0.2) is 0 Å². The number of hydrogen-bond donors (Lipinski definition) is 1. The minimum absolute atomic E-state index is 0.224. The van der Waals surface area contributed by atoms with Gasteiger partial charge in [-0.05, 0) is 65.3 Å². The molecule has 0 aliphatic carbocycles. The Morgan fingerprint density at radius 1 is 1.11 bits per heavy atom. The fraction of sp³-hybridized carbons (Fsp3) is 0.647. The van der Waals surface area contributed by atoms with Crippen molar-refractivity contribution in [3.8, 4) is 0 Å². The Morgan fingerprint density at radius 2 is 1.79 bits per heavy atom. The molecule has 0 saturated heterocycles. The molecule has 1 N–H and O–H groups in total. The molecule has 2 heteroatoms. The molecule has 0 unspecified atom stereocenters. The highest BCUT2D eigenvalue weighted by Crippen LogP contribution is 2.09. The Labute approximate surface area is 119 Å². The Bertz CT molecular complexity index is 366. The molecule has 108 valence electrons. The van der Waals surface area contributed by atoms with Crippen LogP contribution in [0.15, 0.2) is 24.3 Å². The summed E-state index contributed by atoms with van der Waals surface area (Å²) >= 11 is 0. The van der Waals surface area contributed by atoms with Crippen LogP contribution in [0, 0.1) is 6.92 Å². The van der Waals surface area contributed by atoms with Crippen LogP contribution < -0.4 is 5.32 Å². The van der Waals surface area contributed by atoms with E-state index in [0.29, 0.717) is 0 Å². The maximum Gasteiger partial charge on any atom is 0.0104 e. The molecule has 0 heterocycles. The van der Waals surface area contributed by atoms with Crippen molar-refractivity contribution in [1.29, 1.82) is 0 Å². The number of benzene rings is 1. The monoisotopic (exact) mass is 262 g/mol. The van der Waals surface area contributed by atoms with Gasteiger partial charge >= 0.3 is 0 Å². The molecule has 0 amide bonds. The van der Waals surface area contributed by atoms with Crippen molar-refractivity contribution in [1.82, 2.24) is 10.2 Å². The minimum atomic E-state index is 0.224. The highest BCUT2D eigenvalue weighted by atomic mass is 15.1. The highest BCUT2D eigenvalue weighted by Gasteiger charge is 2.08. The van der Waals surface area contributed by atoms with Crippen LogP contribution in [0.3, 0.4) is 0 Å². The summed E-state index contributed by atoms with van der Waals surface area (Å²) in [5, 5.41) is 3.53. The maximum atomic E-state index is 3.53. The van der Waals surface area contributed by atoms with Gasteiger partial charge in [-0.25, -0.2) is 0 Å². The zero-order valence-electron chi connectivity index (χ0n) is 13.3. The van der Waals surface area contributed by atoms with Crippen molar-refractivity contribution in [2.45, 2.75) is 46.1 Å². The first-order chi connectivity index (χ1) is 8.88. The van der Waals surface area contributed by atoms with Gasteiger partial charge in [-0.1, -0.05) is 24.3 Å². The molecule has 1 rings (SSSR count). The van der Waals surface area contributed by atoms with E-state index in [1.54, 1.807) is 0 Å². The van der Waals surface area contributed by atoms with Gasteiger partial charge < -0.3 is 10.2 Å². The Hall–Kier alpha value is -0.860. The van der Waals surface area contributed by atoms with Crippen LogP contribution in [0.4, 0.5) is 0 Å². The van der Waals surface area contributed by atoms with Gasteiger partial charge in [0, 0.05) is 18.6 Å². The topological polar surface area (TPSA) is 15.3 Å². The van der Waals surface area contributed by atoms with Gasteiger partial charge in [0.1, 0.15) is 0 Å². The summed E-state index contributed by atoms with van der Waals surface area (Å²) in [5.41, 5.74) is 3.13. The quantitative estimate of drug-likeness (QED) is 0.811. The van der Waals surface area contributed by atoms with Crippen molar-refractivity contribution >= 4 is 0 Å². The van der Waals surface area contributed by atoms with Crippen LogP contribution in [-0.4, -0.2) is 37.1 Å². The van der Waals surface area contributed by atoms with Crippen LogP contribution in [0.5, 0.6) is 0 Å². The molecule has 2 nitrogen and oxygen atoms in total. The lowest BCUT2D eigenvalue weighted by Gasteiger charge is -2.23. The second kappa shape index (κ2) is 7.66. The molecule has 0 spiro atoms. The number of nitrogens with one attached hydrogen (secondary N) is 1. The van der Waals surface area contributed by atoms with Crippen molar-refractivity contribution in [3.63, 3.8) is 0 Å². The van der Waals surface area contributed by atoms with Crippen molar-refractivity contribution in [3.05, 3.63) is 35.4 Å². The number of likely N-dealkylation sites (N-methyl/N-ethyl adjacent to an activating group) is 1. The summed E-state index contributed by atoms with van der Waals surface area (Å²) in [5.74, 6) is 0. The zero-order valence-corrected chi connectivity index (χ0v) is 13.3. The molecule has 0 fully saturated rings. The predicted octanol–water partition coefficient (Wildman–Crippen LogP) is 3.25. The Kier molecular flexibility index (Phi) is 6.53. The van der Waals surface area contributed by atoms with Crippen molar-refractivity contribution in [2.24, 2.45) is 0 Å². The second-order valence-electron chi connectivity index (χ2n) is 6.51. The van der Waals surface area contributed by atoms with E-state index in [2.05, 4.69) is 69.2 Å². The Morgan fingerprint density at radius 3 is 2.42 bits per heavy atom. The Balaban J connectivity index is 2.17. The van der Waals surface area contributed by atoms with E-state index in [9.17, 15) is 0 Å². The average Bonchev–Trinajstić information content (AvgIpc) is 2.30. The number of nitrogens with zero attached hydrogens (tertiary/aromatic N) is 1. The first-order valence-electron chi connectivity index (χ1n) is 7.36. The average molecular weight is 262 g/mol. The van der Waals surface area contributed by atoms with Gasteiger partial charge in [0.05, 0.1) is 0 Å². The van der Waals surface area contributed by atoms with E-state index in [0.717, 1.165) is 13.1 Å². The third-order valence-corrected chi connectivity index (χ3v) is 3.40. The summed E-state index contributed by atoms with van der Waals surface area (Å²) in [6, 6.07) is 8.70. The third-order valence-electron chi connectivity index (χ3n) is 3.40. The van der Waals surface area contributed by atoms with Gasteiger partial charge in [-0.3, -0.25) is 0 Å². The third kappa shape index (κ3) is 7.34. The molecule has 0 atom stereocenters. The largest absolute Gasteiger partial charge is 0.311 e. The molecular weight excluding hydrogens is 232 g/mol. The van der Waals surface area contributed by atoms with Crippen LogP contribution in [-0.2, 0) is 6.42 Å². The smallest absolute Gasteiger partial charge is 0.0104 e. The first kappa shape index (κ1) is 16.2. The lowest BCUT2D eigenvalue weighted by molar-refractivity contribution is 0.306. The molecule has 0 bridgehead atoms. The normalized spacial score (nSPS) is 12.1. The predicted molar refractivity (Wildman–Crippen MR) is 84.8 cm³/mol. The minimum Gasteiger partial charge on any atom is -0.311 e. The lowest BCUT2D eigenvalue weighted by atomic mass is 10.0. The molecular formula is C17H30N2. The summed E-state index contributed by atoms with van der Waals surface area (Å²) in [6.07, 6.45) is 2.42. The standard InChI is InChI=1S/C17H30N2/c1-15-9-6-7-10-16(15)11-8-13-19(5)14-12-18-17(2,3)4/h6-7,9-10,18H,8,11-14H2,1-5H3. The highest BCUT2D eigenvalue weighted by molar-refractivity contribution is 5.25. The summed E-state index contributed by atoms with van der Waals surface area (Å²) < 4.78 is 0. The molecule has 0 saturated carbocycles. The van der Waals surface area contributed by atoms with Crippen molar-refractivity contribution in [2.75, 3.05) is 26.7 Å². The van der Waals surface area contributed by atoms with Gasteiger partial charge in [0.25, 0.3) is 0 Å². The van der Waals surface area contributed by atoms with Gasteiger partial charge in [-0.15, -0.1) is 0 Å². The van der Waals surface area contributed by atoms with E-state index in [-0.39, 0.29) is 5.54 Å². The van der Waals surface area contributed by atoms with Crippen LogP contribution in [0.25, 0.3) is 0 Å². The summed E-state index contributed by atoms with van der Waals surface area (Å²) in [4.78, 5) is 2.41. The number of hydrogen-bond acceptors (Lipinski definition) is 2. The number of rotatable bonds is 7. The van der Waals surface area contributed by atoms with E-state index >= 15 is 0 Å². The van der Waals surface area contributed by atoms with Crippen LogP contribution >= 0.6 is 0 Å². The second-order valence-corrected chi connectivity index (χ2v) is 6.51. The van der Waals surface area contributed by atoms with Crippen LogP contribution in [0.1, 0.15) is 38.3 Å². The van der Waals surface area contributed by atoms with Gasteiger partial charge in [-0.2, -0.15) is 0 Å². The van der Waals surface area contributed by atoms with Crippen molar-refractivity contribution < 1.29 is 0 Å². The number of aryl methyl sites for hydroxylation is 2. The first-order valence-corrected chi connectivity index (χ1v) is 7.36. The van der Waals surface area contributed by atoms with E-state index in [1.165, 1.54) is 30.5 Å². The van der Waals surface area contributed by atoms with Gasteiger partial charge in [0.2, 0.25) is 0 Å².